The van der Waals surface area contributed by atoms with Gasteiger partial charge in [0.2, 0.25) is 0 Å². The molecule has 0 fully saturated rings. The van der Waals surface area contributed by atoms with E-state index in [0.717, 1.165) is 135 Å². The summed E-state index contributed by atoms with van der Waals surface area (Å²) in [5.41, 5.74) is 0. The number of carbonyl (C=O) groups excluding carboxylic acids is 3. The van der Waals surface area contributed by atoms with Crippen LogP contribution in [0.2, 0.25) is 0 Å². The van der Waals surface area contributed by atoms with Gasteiger partial charge in [0.25, 0.3) is 0 Å². The van der Waals surface area contributed by atoms with E-state index in [0.29, 0.717) is 12.8 Å². The maximum Gasteiger partial charge on any atom is 0.306 e. The Labute approximate surface area is 423 Å². The van der Waals surface area contributed by atoms with Gasteiger partial charge in [0.15, 0.2) is 6.10 Å². The number of hydrogen-bond donors (Lipinski definition) is 0. The lowest BCUT2D eigenvalue weighted by molar-refractivity contribution is -0.166. The van der Waals surface area contributed by atoms with E-state index in [-0.39, 0.29) is 44.0 Å². The molecule has 0 heterocycles. The monoisotopic (exact) mass is 951 g/mol. The normalized spacial score (nSPS) is 13.3. The van der Waals surface area contributed by atoms with Gasteiger partial charge in [-0.2, -0.15) is 0 Å². The summed E-state index contributed by atoms with van der Waals surface area (Å²) in [4.78, 5) is 38.1. The molecule has 0 aromatic carbocycles. The van der Waals surface area contributed by atoms with Gasteiger partial charge in [0, 0.05) is 19.3 Å². The Hall–Kier alpha value is -4.71. The van der Waals surface area contributed by atoms with Gasteiger partial charge >= 0.3 is 17.9 Å². The average Bonchev–Trinajstić information content (AvgIpc) is 3.35. The van der Waals surface area contributed by atoms with Crippen LogP contribution in [0.15, 0.2) is 146 Å². The van der Waals surface area contributed by atoms with Crippen molar-refractivity contribution in [1.29, 1.82) is 0 Å². The number of hydrogen-bond acceptors (Lipinski definition) is 6. The van der Waals surface area contributed by atoms with Crippen molar-refractivity contribution < 1.29 is 28.6 Å². The van der Waals surface area contributed by atoms with Crippen molar-refractivity contribution in [2.24, 2.45) is 0 Å². The fourth-order valence-corrected chi connectivity index (χ4v) is 6.84. The minimum absolute atomic E-state index is 0.128. The van der Waals surface area contributed by atoms with Crippen molar-refractivity contribution in [2.75, 3.05) is 13.2 Å². The average molecular weight is 951 g/mol. The van der Waals surface area contributed by atoms with Crippen molar-refractivity contribution in [3.05, 3.63) is 146 Å². The van der Waals surface area contributed by atoms with Crippen molar-refractivity contribution in [3.63, 3.8) is 0 Å². The van der Waals surface area contributed by atoms with Crippen molar-refractivity contribution in [2.45, 2.75) is 219 Å². The Kier molecular flexibility index (Phi) is 52.1. The molecule has 69 heavy (non-hydrogen) atoms. The zero-order valence-electron chi connectivity index (χ0n) is 44.0. The van der Waals surface area contributed by atoms with E-state index in [1.54, 1.807) is 0 Å². The summed E-state index contributed by atoms with van der Waals surface area (Å²) in [6, 6.07) is 0. The van der Waals surface area contributed by atoms with E-state index >= 15 is 0 Å². The van der Waals surface area contributed by atoms with E-state index in [1.807, 2.05) is 12.2 Å². The number of ether oxygens (including phenoxy) is 3. The fraction of sp³-hybridized carbons (Fsp3) is 0.571. The Morgan fingerprint density at radius 2 is 0.652 bits per heavy atom. The molecular formula is C63H98O6. The van der Waals surface area contributed by atoms with Gasteiger partial charge in [-0.05, 0) is 116 Å². The van der Waals surface area contributed by atoms with E-state index in [2.05, 4.69) is 154 Å². The van der Waals surface area contributed by atoms with Gasteiger partial charge in [-0.3, -0.25) is 14.4 Å². The van der Waals surface area contributed by atoms with Gasteiger partial charge in [0.1, 0.15) is 13.2 Å². The Morgan fingerprint density at radius 3 is 1.09 bits per heavy atom. The molecule has 0 bridgehead atoms. The largest absolute Gasteiger partial charge is 0.462 e. The number of allylic oxidation sites excluding steroid dienone is 24. The third kappa shape index (κ3) is 54.1. The molecule has 6 nitrogen and oxygen atoms in total. The number of esters is 3. The first-order valence-electron chi connectivity index (χ1n) is 27.4. The second kappa shape index (κ2) is 55.9. The summed E-state index contributed by atoms with van der Waals surface area (Å²) >= 11 is 0. The Balaban J connectivity index is 4.61. The molecular weight excluding hydrogens is 853 g/mol. The van der Waals surface area contributed by atoms with Crippen LogP contribution in [0.25, 0.3) is 0 Å². The second-order valence-corrected chi connectivity index (χ2v) is 17.4. The molecule has 0 aliphatic carbocycles. The lowest BCUT2D eigenvalue weighted by Crippen LogP contribution is -2.30. The predicted octanol–water partition coefficient (Wildman–Crippen LogP) is 18.4. The lowest BCUT2D eigenvalue weighted by Gasteiger charge is -2.18. The van der Waals surface area contributed by atoms with Crippen LogP contribution in [0.5, 0.6) is 0 Å². The molecule has 0 aliphatic rings. The van der Waals surface area contributed by atoms with Crippen LogP contribution in [-0.2, 0) is 28.6 Å². The van der Waals surface area contributed by atoms with Crippen LogP contribution in [-0.4, -0.2) is 37.2 Å². The highest BCUT2D eigenvalue weighted by atomic mass is 16.6. The van der Waals surface area contributed by atoms with E-state index < -0.39 is 6.10 Å². The quantitative estimate of drug-likeness (QED) is 0.0199. The van der Waals surface area contributed by atoms with Crippen molar-refractivity contribution >= 4 is 17.9 Å². The molecule has 0 amide bonds. The SMILES string of the molecule is CC/C=C\C/C=C\C/C=C\C/C=C\C/C=C\C/C=C\CCC(=O)OCC(COC(=O)CCCCCC/C=C\C/C=C\C/C=C\CC)OC(=O)CCCCCCC\C=C/C=C\C=C/CCCCCCC. The highest BCUT2D eigenvalue weighted by Gasteiger charge is 2.19. The molecule has 386 valence electrons. The molecule has 0 saturated carbocycles. The standard InChI is InChI=1S/C63H98O6/c1-4-7-10-13-16-19-22-25-28-30-32-34-35-38-41-44-47-50-53-56-62(65)68-59-60(58-67-61(64)55-52-49-46-43-40-37-27-24-21-18-15-12-9-6-3)69-63(66)57-54-51-48-45-42-39-36-33-31-29-26-23-20-17-14-11-8-5-2/h7,9-10,12,16,18-19,21,23,25-29,31-34,36-38,41,47,50,60H,4-6,8,11,13-15,17,20,22,24,30,35,39-40,42-46,48-49,51-59H2,1-3H3/b10-7-,12-9-,19-16-,21-18-,26-23-,28-25-,31-29-,34-32-,36-33-,37-27-,41-38-,50-47-. The highest BCUT2D eigenvalue weighted by Crippen LogP contribution is 2.12. The topological polar surface area (TPSA) is 78.9 Å². The molecule has 6 heteroatoms. The van der Waals surface area contributed by atoms with Crippen molar-refractivity contribution in [3.8, 4) is 0 Å². The van der Waals surface area contributed by atoms with E-state index in [1.165, 1.54) is 32.1 Å². The van der Waals surface area contributed by atoms with Crippen molar-refractivity contribution in [1.82, 2.24) is 0 Å². The Bertz CT molecular complexity index is 1560. The third-order valence-electron chi connectivity index (χ3n) is 10.9. The molecule has 0 aliphatic heterocycles. The third-order valence-corrected chi connectivity index (χ3v) is 10.9. The van der Waals surface area contributed by atoms with E-state index in [9.17, 15) is 14.4 Å². The summed E-state index contributed by atoms with van der Waals surface area (Å²) in [6.45, 7) is 6.27. The van der Waals surface area contributed by atoms with Crippen LogP contribution in [0, 0.1) is 0 Å². The van der Waals surface area contributed by atoms with Gasteiger partial charge < -0.3 is 14.2 Å². The van der Waals surface area contributed by atoms with Gasteiger partial charge in [-0.25, -0.2) is 0 Å². The molecule has 0 saturated heterocycles. The maximum absolute atomic E-state index is 12.8. The summed E-state index contributed by atoms with van der Waals surface area (Å²) in [6.07, 6.45) is 79.8. The summed E-state index contributed by atoms with van der Waals surface area (Å²) in [5, 5.41) is 0. The molecule has 0 aromatic heterocycles. The molecule has 0 radical (unpaired) electrons. The summed E-state index contributed by atoms with van der Waals surface area (Å²) in [5.74, 6) is -1.06. The fourth-order valence-electron chi connectivity index (χ4n) is 6.84. The first-order chi connectivity index (χ1) is 34.0. The minimum Gasteiger partial charge on any atom is -0.462 e. The molecule has 0 N–H and O–H groups in total. The smallest absolute Gasteiger partial charge is 0.306 e. The van der Waals surface area contributed by atoms with Crippen LogP contribution in [0.3, 0.4) is 0 Å². The minimum atomic E-state index is -0.836. The molecule has 1 unspecified atom stereocenters. The van der Waals surface area contributed by atoms with E-state index in [4.69, 9.17) is 14.2 Å². The molecule has 0 rings (SSSR count). The number of unbranched alkanes of at least 4 members (excludes halogenated alkanes) is 14. The van der Waals surface area contributed by atoms with Gasteiger partial charge in [-0.15, -0.1) is 0 Å². The zero-order valence-corrected chi connectivity index (χ0v) is 44.0. The Morgan fingerprint density at radius 1 is 0.319 bits per heavy atom. The first kappa shape index (κ1) is 64.3. The molecule has 0 spiro atoms. The van der Waals surface area contributed by atoms with Crippen LogP contribution < -0.4 is 0 Å². The summed E-state index contributed by atoms with van der Waals surface area (Å²) in [7, 11) is 0. The maximum atomic E-state index is 12.8. The molecule has 0 aromatic rings. The zero-order chi connectivity index (χ0) is 50.0. The van der Waals surface area contributed by atoms with Crippen LogP contribution in [0.1, 0.15) is 213 Å². The van der Waals surface area contributed by atoms with Crippen LogP contribution in [0.4, 0.5) is 0 Å². The first-order valence-corrected chi connectivity index (χ1v) is 27.4. The predicted molar refractivity (Wildman–Crippen MR) is 297 cm³/mol. The number of carbonyl (C=O) groups is 3. The lowest BCUT2D eigenvalue weighted by atomic mass is 10.1. The van der Waals surface area contributed by atoms with Crippen LogP contribution >= 0.6 is 0 Å². The summed E-state index contributed by atoms with van der Waals surface area (Å²) < 4.78 is 16.7. The highest BCUT2D eigenvalue weighted by molar-refractivity contribution is 5.71. The number of rotatable bonds is 47. The van der Waals surface area contributed by atoms with Gasteiger partial charge in [0.05, 0.1) is 0 Å². The second-order valence-electron chi connectivity index (χ2n) is 17.4. The van der Waals surface area contributed by atoms with Gasteiger partial charge in [-0.1, -0.05) is 224 Å². The molecule has 1 atom stereocenters.